The van der Waals surface area contributed by atoms with Crippen molar-refractivity contribution in [1.29, 1.82) is 0 Å². The molecule has 0 bridgehead atoms. The number of anilines is 1. The lowest BCUT2D eigenvalue weighted by Crippen LogP contribution is -2.41. The van der Waals surface area contributed by atoms with Gasteiger partial charge in [-0.3, -0.25) is 14.9 Å². The van der Waals surface area contributed by atoms with Crippen molar-refractivity contribution in [3.63, 3.8) is 0 Å². The van der Waals surface area contributed by atoms with E-state index in [9.17, 15) is 23.3 Å². The van der Waals surface area contributed by atoms with Gasteiger partial charge in [-0.15, -0.1) is 10.2 Å². The molecule has 1 saturated heterocycles. The fraction of sp³-hybridized carbons (Fsp3) is 0.471. The molecular formula is C17H18ClN5O5S2. The van der Waals surface area contributed by atoms with Crippen LogP contribution in [0.2, 0.25) is 5.02 Å². The highest BCUT2D eigenvalue weighted by Gasteiger charge is 2.34. The normalized spacial score (nSPS) is 18.3. The molecule has 0 radical (unpaired) electrons. The van der Waals surface area contributed by atoms with E-state index in [2.05, 4.69) is 15.5 Å². The molecule has 160 valence electrons. The van der Waals surface area contributed by atoms with Gasteiger partial charge in [0.1, 0.15) is 9.90 Å². The van der Waals surface area contributed by atoms with Crippen molar-refractivity contribution in [1.82, 2.24) is 14.5 Å². The first-order chi connectivity index (χ1) is 14.3. The topological polar surface area (TPSA) is 135 Å². The van der Waals surface area contributed by atoms with Crippen LogP contribution in [0.5, 0.6) is 0 Å². The van der Waals surface area contributed by atoms with Crippen LogP contribution in [-0.2, 0) is 14.8 Å². The number of nitro benzene ring substituents is 1. The molecule has 1 aliphatic carbocycles. The van der Waals surface area contributed by atoms with E-state index in [0.29, 0.717) is 23.9 Å². The molecule has 1 aromatic carbocycles. The van der Waals surface area contributed by atoms with Crippen LogP contribution in [0.25, 0.3) is 0 Å². The quantitative estimate of drug-likeness (QED) is 0.505. The lowest BCUT2D eigenvalue weighted by Gasteiger charge is -2.30. The maximum atomic E-state index is 12.9. The lowest BCUT2D eigenvalue weighted by atomic mass is 9.97. The van der Waals surface area contributed by atoms with Crippen molar-refractivity contribution in [2.45, 2.75) is 36.5 Å². The number of rotatable bonds is 6. The zero-order valence-corrected chi connectivity index (χ0v) is 18.0. The van der Waals surface area contributed by atoms with Gasteiger partial charge in [0.15, 0.2) is 0 Å². The zero-order chi connectivity index (χ0) is 21.5. The van der Waals surface area contributed by atoms with Gasteiger partial charge in [-0.1, -0.05) is 22.9 Å². The summed E-state index contributed by atoms with van der Waals surface area (Å²) in [4.78, 5) is 22.5. The maximum Gasteiger partial charge on any atom is 0.270 e. The van der Waals surface area contributed by atoms with Gasteiger partial charge >= 0.3 is 0 Å². The number of aromatic nitrogens is 2. The van der Waals surface area contributed by atoms with Crippen LogP contribution in [0, 0.1) is 16.0 Å². The number of halogens is 1. The predicted octanol–water partition coefficient (Wildman–Crippen LogP) is 3.02. The first-order valence-electron chi connectivity index (χ1n) is 9.34. The highest BCUT2D eigenvalue weighted by molar-refractivity contribution is 7.89. The Labute approximate surface area is 181 Å². The monoisotopic (exact) mass is 471 g/mol. The van der Waals surface area contributed by atoms with Crippen LogP contribution < -0.4 is 5.32 Å². The smallest absolute Gasteiger partial charge is 0.270 e. The van der Waals surface area contributed by atoms with E-state index < -0.39 is 14.9 Å². The molecular weight excluding hydrogens is 454 g/mol. The van der Waals surface area contributed by atoms with Gasteiger partial charge in [0.05, 0.1) is 9.95 Å². The molecule has 13 heteroatoms. The molecule has 4 rings (SSSR count). The van der Waals surface area contributed by atoms with Gasteiger partial charge in [-0.25, -0.2) is 8.42 Å². The van der Waals surface area contributed by atoms with Crippen molar-refractivity contribution in [2.75, 3.05) is 18.4 Å². The SMILES string of the molecule is O=C(Nc1nnc(C2CC2)s1)C1CCN(S(=O)(=O)c2cc([N+](=O)[O-])ccc2Cl)CC1. The van der Waals surface area contributed by atoms with E-state index in [1.54, 1.807) is 0 Å². The molecule has 10 nitrogen and oxygen atoms in total. The van der Waals surface area contributed by atoms with E-state index in [-0.39, 0.29) is 40.5 Å². The second kappa shape index (κ2) is 8.17. The minimum Gasteiger partial charge on any atom is -0.300 e. The number of nitrogens with one attached hydrogen (secondary N) is 1. The molecule has 1 aliphatic heterocycles. The highest BCUT2D eigenvalue weighted by atomic mass is 35.5. The number of hydrogen-bond donors (Lipinski definition) is 1. The number of amides is 1. The second-order valence-electron chi connectivity index (χ2n) is 7.26. The summed E-state index contributed by atoms with van der Waals surface area (Å²) < 4.78 is 27.1. The van der Waals surface area contributed by atoms with Crippen molar-refractivity contribution in [3.05, 3.63) is 38.3 Å². The summed E-state index contributed by atoms with van der Waals surface area (Å²) in [6.45, 7) is 0.228. The minimum atomic E-state index is -4.01. The number of carbonyl (C=O) groups excluding carboxylic acids is 1. The fourth-order valence-corrected chi connectivity index (χ4v) is 6.17. The molecule has 1 N–H and O–H groups in total. The average molecular weight is 472 g/mol. The first-order valence-corrected chi connectivity index (χ1v) is 12.0. The standard InChI is InChI=1S/C17H18ClN5O5S2/c18-13-4-3-12(23(25)26)9-14(13)30(27,28)22-7-5-10(6-8-22)15(24)19-17-21-20-16(29-17)11-1-2-11/h3-4,9-11H,1-2,5-8H2,(H,19,21,24). The van der Waals surface area contributed by atoms with E-state index in [4.69, 9.17) is 11.6 Å². The number of piperidine rings is 1. The summed E-state index contributed by atoms with van der Waals surface area (Å²) in [7, 11) is -4.01. The molecule has 0 spiro atoms. The van der Waals surface area contributed by atoms with Gasteiger partial charge in [0.2, 0.25) is 21.1 Å². The van der Waals surface area contributed by atoms with Gasteiger partial charge in [0, 0.05) is 37.1 Å². The van der Waals surface area contributed by atoms with Crippen LogP contribution in [0.15, 0.2) is 23.1 Å². The Kier molecular flexibility index (Phi) is 5.75. The predicted molar refractivity (Wildman–Crippen MR) is 110 cm³/mol. The van der Waals surface area contributed by atoms with Crippen molar-refractivity contribution >= 4 is 49.7 Å². The number of nitro groups is 1. The molecule has 0 atom stereocenters. The third-order valence-corrected chi connectivity index (χ3v) is 8.55. The van der Waals surface area contributed by atoms with E-state index in [0.717, 1.165) is 30.0 Å². The van der Waals surface area contributed by atoms with Crippen LogP contribution in [0.3, 0.4) is 0 Å². The van der Waals surface area contributed by atoms with Crippen molar-refractivity contribution in [2.24, 2.45) is 5.92 Å². The number of carbonyl (C=O) groups is 1. The Morgan fingerprint density at radius 1 is 1.23 bits per heavy atom. The van der Waals surface area contributed by atoms with Crippen molar-refractivity contribution in [3.8, 4) is 0 Å². The van der Waals surface area contributed by atoms with E-state index >= 15 is 0 Å². The van der Waals surface area contributed by atoms with E-state index in [1.165, 1.54) is 21.7 Å². The third kappa shape index (κ3) is 4.31. The van der Waals surface area contributed by atoms with Gasteiger partial charge in [-0.05, 0) is 31.7 Å². The minimum absolute atomic E-state index is 0.0804. The van der Waals surface area contributed by atoms with Crippen LogP contribution in [0.4, 0.5) is 10.8 Å². The number of sulfonamides is 1. The zero-order valence-electron chi connectivity index (χ0n) is 15.7. The van der Waals surface area contributed by atoms with Crippen LogP contribution in [0.1, 0.15) is 36.6 Å². The molecule has 2 heterocycles. The van der Waals surface area contributed by atoms with Crippen molar-refractivity contribution < 1.29 is 18.1 Å². The summed E-state index contributed by atoms with van der Waals surface area (Å²) in [5.74, 6) is -0.105. The molecule has 30 heavy (non-hydrogen) atoms. The Bertz CT molecular complexity index is 1090. The number of nitrogens with zero attached hydrogens (tertiary/aromatic N) is 4. The third-order valence-electron chi connectivity index (χ3n) is 5.17. The Morgan fingerprint density at radius 3 is 2.57 bits per heavy atom. The summed E-state index contributed by atoms with van der Waals surface area (Å²) in [6.07, 6.45) is 2.85. The molecule has 1 amide bonds. The molecule has 1 saturated carbocycles. The van der Waals surface area contributed by atoms with Gasteiger partial charge in [0.25, 0.3) is 5.69 Å². The highest BCUT2D eigenvalue weighted by Crippen LogP contribution is 2.42. The second-order valence-corrected chi connectivity index (χ2v) is 10.6. The van der Waals surface area contributed by atoms with Crippen LogP contribution in [-0.4, -0.2) is 46.8 Å². The average Bonchev–Trinajstić information content (AvgIpc) is 3.47. The number of hydrogen-bond acceptors (Lipinski definition) is 8. The molecule has 1 aromatic heterocycles. The van der Waals surface area contributed by atoms with Crippen LogP contribution >= 0.6 is 22.9 Å². The summed E-state index contributed by atoms with van der Waals surface area (Å²) >= 11 is 7.37. The van der Waals surface area contributed by atoms with Gasteiger partial charge < -0.3 is 5.32 Å². The first kappa shape index (κ1) is 21.1. The largest absolute Gasteiger partial charge is 0.300 e. The molecule has 0 unspecified atom stereocenters. The van der Waals surface area contributed by atoms with E-state index in [1.807, 2.05) is 0 Å². The molecule has 2 aromatic rings. The fourth-order valence-electron chi connectivity index (χ4n) is 3.29. The lowest BCUT2D eigenvalue weighted by molar-refractivity contribution is -0.385. The maximum absolute atomic E-state index is 12.9. The summed E-state index contributed by atoms with van der Waals surface area (Å²) in [5, 5.41) is 23.1. The Balaban J connectivity index is 1.40. The number of benzene rings is 1. The number of non-ortho nitro benzene ring substituents is 1. The molecule has 2 fully saturated rings. The Morgan fingerprint density at radius 2 is 1.93 bits per heavy atom. The van der Waals surface area contributed by atoms with Gasteiger partial charge in [-0.2, -0.15) is 4.31 Å². The summed E-state index contributed by atoms with van der Waals surface area (Å²) in [6, 6.07) is 3.31. The Hall–Kier alpha value is -2.15. The molecule has 2 aliphatic rings. The summed E-state index contributed by atoms with van der Waals surface area (Å²) in [5.41, 5.74) is -0.352.